The van der Waals surface area contributed by atoms with E-state index in [1.165, 1.54) is 19.2 Å². The molecule has 0 spiro atoms. The van der Waals surface area contributed by atoms with Crippen LogP contribution in [0, 0.1) is 6.92 Å². The minimum Gasteiger partial charge on any atom is -0.497 e. The smallest absolute Gasteiger partial charge is 0.241 e. The van der Waals surface area contributed by atoms with Crippen LogP contribution in [0.15, 0.2) is 23.1 Å². The summed E-state index contributed by atoms with van der Waals surface area (Å²) in [5.74, 6) is -0.306. The van der Waals surface area contributed by atoms with Crippen molar-refractivity contribution in [3.63, 3.8) is 0 Å². The molecule has 0 amide bonds. The van der Waals surface area contributed by atoms with E-state index in [9.17, 15) is 21.9 Å². The number of sulfonamides is 1. The standard InChI is InChI=1S/C12H17NO6S2/c1-8-5-9(19-2)3-4-12(8)21(17,18)13-10-6-20(15,16)7-11(10)14/h3-5,10-11,13-14H,6-7H2,1-2H3/t10-,11-/m1/s1. The van der Waals surface area contributed by atoms with Gasteiger partial charge in [-0.2, -0.15) is 0 Å². The molecular weight excluding hydrogens is 318 g/mol. The lowest BCUT2D eigenvalue weighted by Gasteiger charge is -2.16. The fourth-order valence-corrected chi connectivity index (χ4v) is 5.60. The monoisotopic (exact) mass is 335 g/mol. The SMILES string of the molecule is COc1ccc(S(=O)(=O)N[C@@H]2CS(=O)(=O)C[C@H]2O)c(C)c1. The highest BCUT2D eigenvalue weighted by molar-refractivity contribution is 7.92. The van der Waals surface area contributed by atoms with Crippen LogP contribution in [0.2, 0.25) is 0 Å². The molecule has 21 heavy (non-hydrogen) atoms. The maximum Gasteiger partial charge on any atom is 0.241 e. The number of aryl methyl sites for hydroxylation is 1. The zero-order valence-electron chi connectivity index (χ0n) is 11.6. The molecule has 1 heterocycles. The Kier molecular flexibility index (Phi) is 4.29. The van der Waals surface area contributed by atoms with Crippen LogP contribution in [0.25, 0.3) is 0 Å². The molecule has 9 heteroatoms. The highest BCUT2D eigenvalue weighted by atomic mass is 32.2. The number of sulfone groups is 1. The summed E-state index contributed by atoms with van der Waals surface area (Å²) in [6.07, 6.45) is -1.23. The Morgan fingerprint density at radius 1 is 1.33 bits per heavy atom. The van der Waals surface area contributed by atoms with Crippen molar-refractivity contribution in [2.75, 3.05) is 18.6 Å². The van der Waals surface area contributed by atoms with E-state index in [2.05, 4.69) is 4.72 Å². The molecule has 0 aromatic heterocycles. The summed E-state index contributed by atoms with van der Waals surface area (Å²) >= 11 is 0. The van der Waals surface area contributed by atoms with Crippen LogP contribution >= 0.6 is 0 Å². The third-order valence-corrected chi connectivity index (χ3v) is 6.67. The number of benzene rings is 1. The van der Waals surface area contributed by atoms with E-state index in [-0.39, 0.29) is 4.90 Å². The van der Waals surface area contributed by atoms with Crippen molar-refractivity contribution in [1.82, 2.24) is 4.72 Å². The van der Waals surface area contributed by atoms with Crippen LogP contribution in [0.5, 0.6) is 5.75 Å². The largest absolute Gasteiger partial charge is 0.497 e. The Morgan fingerprint density at radius 3 is 2.48 bits per heavy atom. The second-order valence-electron chi connectivity index (χ2n) is 5.00. The average Bonchev–Trinajstić information content (AvgIpc) is 2.60. The highest BCUT2D eigenvalue weighted by Gasteiger charge is 2.39. The number of hydrogen-bond donors (Lipinski definition) is 2. The molecule has 2 rings (SSSR count). The summed E-state index contributed by atoms with van der Waals surface area (Å²) in [5, 5.41) is 9.66. The van der Waals surface area contributed by atoms with Crippen molar-refractivity contribution in [1.29, 1.82) is 0 Å². The Balaban J connectivity index is 2.27. The van der Waals surface area contributed by atoms with E-state index in [4.69, 9.17) is 4.74 Å². The zero-order chi connectivity index (χ0) is 15.8. The first-order valence-electron chi connectivity index (χ1n) is 6.20. The van der Waals surface area contributed by atoms with Crippen molar-refractivity contribution in [2.24, 2.45) is 0 Å². The molecule has 1 aromatic rings. The fourth-order valence-electron chi connectivity index (χ4n) is 2.25. The van der Waals surface area contributed by atoms with Gasteiger partial charge in [0.05, 0.1) is 35.7 Å². The minimum absolute atomic E-state index is 0.0276. The maximum absolute atomic E-state index is 12.3. The molecule has 1 aliphatic heterocycles. The lowest BCUT2D eigenvalue weighted by atomic mass is 10.2. The van der Waals surface area contributed by atoms with Gasteiger partial charge in [-0.05, 0) is 30.7 Å². The second kappa shape index (κ2) is 5.56. The molecule has 0 saturated carbocycles. The summed E-state index contributed by atoms with van der Waals surface area (Å²) in [6.45, 7) is 1.61. The van der Waals surface area contributed by atoms with Gasteiger partial charge in [-0.3, -0.25) is 0 Å². The number of ether oxygens (including phenoxy) is 1. The summed E-state index contributed by atoms with van der Waals surface area (Å²) in [5.41, 5.74) is 0.470. The normalized spacial score (nSPS) is 24.9. The minimum atomic E-state index is -3.91. The molecule has 118 valence electrons. The topological polar surface area (TPSA) is 110 Å². The van der Waals surface area contributed by atoms with Gasteiger partial charge in [0.25, 0.3) is 0 Å². The molecule has 2 N–H and O–H groups in total. The van der Waals surface area contributed by atoms with Crippen LogP contribution in [0.1, 0.15) is 5.56 Å². The quantitative estimate of drug-likeness (QED) is 0.763. The van der Waals surface area contributed by atoms with Gasteiger partial charge in [-0.15, -0.1) is 0 Å². The number of nitrogens with one attached hydrogen (secondary N) is 1. The molecule has 7 nitrogen and oxygen atoms in total. The predicted octanol–water partition coefficient (Wildman–Crippen LogP) is -0.560. The predicted molar refractivity (Wildman–Crippen MR) is 76.5 cm³/mol. The fraction of sp³-hybridized carbons (Fsp3) is 0.500. The third-order valence-electron chi connectivity index (χ3n) is 3.30. The van der Waals surface area contributed by atoms with Gasteiger partial charge in [-0.1, -0.05) is 0 Å². The first-order valence-corrected chi connectivity index (χ1v) is 9.50. The lowest BCUT2D eigenvalue weighted by molar-refractivity contribution is 0.176. The summed E-state index contributed by atoms with van der Waals surface area (Å²) in [4.78, 5) is 0.0276. The van der Waals surface area contributed by atoms with Gasteiger partial charge in [0.1, 0.15) is 5.75 Å². The Hall–Kier alpha value is -1.16. The molecule has 0 bridgehead atoms. The summed E-state index contributed by atoms with van der Waals surface area (Å²) in [7, 11) is -5.86. The number of aliphatic hydroxyl groups excluding tert-OH is 1. The first kappa shape index (κ1) is 16.2. The van der Waals surface area contributed by atoms with Crippen molar-refractivity contribution < 1.29 is 26.7 Å². The van der Waals surface area contributed by atoms with Crippen molar-refractivity contribution >= 4 is 19.9 Å². The molecule has 1 saturated heterocycles. The van der Waals surface area contributed by atoms with Crippen molar-refractivity contribution in [3.05, 3.63) is 23.8 Å². The van der Waals surface area contributed by atoms with Gasteiger partial charge >= 0.3 is 0 Å². The van der Waals surface area contributed by atoms with Crippen LogP contribution in [-0.2, 0) is 19.9 Å². The number of methoxy groups -OCH3 is 1. The highest BCUT2D eigenvalue weighted by Crippen LogP contribution is 2.22. The molecular formula is C12H17NO6S2. The molecule has 1 fully saturated rings. The van der Waals surface area contributed by atoms with Gasteiger partial charge in [-0.25, -0.2) is 21.6 Å². The van der Waals surface area contributed by atoms with E-state index >= 15 is 0 Å². The molecule has 0 unspecified atom stereocenters. The van der Waals surface area contributed by atoms with Gasteiger partial charge < -0.3 is 9.84 Å². The molecule has 0 aliphatic carbocycles. The summed E-state index contributed by atoms with van der Waals surface area (Å²) < 4.78 is 54.7. The Morgan fingerprint density at radius 2 is 2.00 bits per heavy atom. The van der Waals surface area contributed by atoms with Crippen LogP contribution in [0.3, 0.4) is 0 Å². The van der Waals surface area contributed by atoms with E-state index < -0.39 is 43.5 Å². The average molecular weight is 335 g/mol. The van der Waals surface area contributed by atoms with Crippen LogP contribution in [-0.4, -0.2) is 52.7 Å². The lowest BCUT2D eigenvalue weighted by Crippen LogP contribution is -2.42. The van der Waals surface area contributed by atoms with E-state index in [0.29, 0.717) is 11.3 Å². The zero-order valence-corrected chi connectivity index (χ0v) is 13.2. The number of aliphatic hydroxyl groups is 1. The van der Waals surface area contributed by atoms with Crippen LogP contribution < -0.4 is 9.46 Å². The first-order chi connectivity index (χ1) is 9.64. The number of hydrogen-bond acceptors (Lipinski definition) is 6. The van der Waals surface area contributed by atoms with Gasteiger partial charge in [0, 0.05) is 0 Å². The Labute approximate surface area is 123 Å². The maximum atomic E-state index is 12.3. The third kappa shape index (κ3) is 3.54. The van der Waals surface area contributed by atoms with Gasteiger partial charge in [0.2, 0.25) is 10.0 Å². The van der Waals surface area contributed by atoms with Crippen LogP contribution in [0.4, 0.5) is 0 Å². The molecule has 2 atom stereocenters. The van der Waals surface area contributed by atoms with Crippen molar-refractivity contribution in [3.8, 4) is 5.75 Å². The van der Waals surface area contributed by atoms with E-state index in [1.54, 1.807) is 13.0 Å². The summed E-state index contributed by atoms with van der Waals surface area (Å²) in [6, 6.07) is 3.42. The number of rotatable bonds is 4. The van der Waals surface area contributed by atoms with Gasteiger partial charge in [0.15, 0.2) is 9.84 Å². The van der Waals surface area contributed by atoms with E-state index in [1.807, 2.05) is 0 Å². The van der Waals surface area contributed by atoms with Crippen molar-refractivity contribution in [2.45, 2.75) is 24.0 Å². The molecule has 1 aliphatic rings. The molecule has 0 radical (unpaired) electrons. The second-order valence-corrected chi connectivity index (χ2v) is 8.84. The van der Waals surface area contributed by atoms with E-state index in [0.717, 1.165) is 0 Å². The Bertz CT molecular complexity index is 741. The molecule has 1 aromatic carbocycles.